The molecular weight excluding hydrogens is 214 g/mol. The molecule has 1 saturated carbocycles. The first-order valence-corrected chi connectivity index (χ1v) is 6.84. The van der Waals surface area contributed by atoms with Crippen LogP contribution in [-0.2, 0) is 4.79 Å². The van der Waals surface area contributed by atoms with Crippen molar-refractivity contribution >= 4 is 5.91 Å². The van der Waals surface area contributed by atoms with Crippen LogP contribution in [0.1, 0.15) is 39.5 Å². The highest BCUT2D eigenvalue weighted by molar-refractivity contribution is 5.84. The minimum atomic E-state index is -0.545. The van der Waals surface area contributed by atoms with Crippen molar-refractivity contribution in [2.24, 2.45) is 11.7 Å². The number of nitrogens with zero attached hydrogens (tertiary/aromatic N) is 1. The highest BCUT2D eigenvalue weighted by atomic mass is 16.1. The van der Waals surface area contributed by atoms with Crippen LogP contribution in [0, 0.1) is 5.92 Å². The quantitative estimate of drug-likeness (QED) is 0.718. The molecule has 2 bridgehead atoms. The van der Waals surface area contributed by atoms with Crippen LogP contribution in [0.5, 0.6) is 0 Å². The van der Waals surface area contributed by atoms with Gasteiger partial charge >= 0.3 is 0 Å². The molecule has 3 unspecified atom stereocenters. The Morgan fingerprint density at radius 2 is 2.29 bits per heavy atom. The van der Waals surface area contributed by atoms with Crippen molar-refractivity contribution < 1.29 is 4.79 Å². The number of rotatable bonds is 6. The van der Waals surface area contributed by atoms with Crippen LogP contribution in [0.3, 0.4) is 0 Å². The molecule has 4 nitrogen and oxygen atoms in total. The van der Waals surface area contributed by atoms with Crippen molar-refractivity contribution in [3.05, 3.63) is 0 Å². The number of primary amides is 1. The molecular formula is C13H25N3O. The molecule has 0 aromatic heterocycles. The predicted molar refractivity (Wildman–Crippen MR) is 68.6 cm³/mol. The molecule has 0 radical (unpaired) electrons. The third-order valence-electron chi connectivity index (χ3n) is 4.53. The second kappa shape index (κ2) is 4.94. The molecule has 3 N–H and O–H groups in total. The largest absolute Gasteiger partial charge is 0.368 e. The van der Waals surface area contributed by atoms with E-state index >= 15 is 0 Å². The lowest BCUT2D eigenvalue weighted by Gasteiger charge is -2.32. The molecule has 3 atom stereocenters. The van der Waals surface area contributed by atoms with Gasteiger partial charge in [-0.05, 0) is 45.1 Å². The number of amides is 1. The molecule has 0 aromatic rings. The van der Waals surface area contributed by atoms with Gasteiger partial charge in [-0.15, -0.1) is 0 Å². The number of piperidine rings is 1. The van der Waals surface area contributed by atoms with E-state index in [0.29, 0.717) is 0 Å². The second-order valence-corrected chi connectivity index (χ2v) is 5.80. The highest BCUT2D eigenvalue weighted by Gasteiger charge is 2.39. The average molecular weight is 239 g/mol. The van der Waals surface area contributed by atoms with Crippen LogP contribution in [-0.4, -0.2) is 42.0 Å². The fourth-order valence-electron chi connectivity index (χ4n) is 3.36. The maximum Gasteiger partial charge on any atom is 0.237 e. The van der Waals surface area contributed by atoms with E-state index in [1.54, 1.807) is 0 Å². The molecule has 1 heterocycles. The van der Waals surface area contributed by atoms with Gasteiger partial charge in [0.25, 0.3) is 0 Å². The molecule has 4 heteroatoms. The van der Waals surface area contributed by atoms with E-state index in [9.17, 15) is 4.79 Å². The topological polar surface area (TPSA) is 58.4 Å². The van der Waals surface area contributed by atoms with E-state index in [0.717, 1.165) is 31.5 Å². The van der Waals surface area contributed by atoms with Crippen LogP contribution in [0.4, 0.5) is 0 Å². The SMILES string of the molecule is CCNC(C)(CCN1CC2CCC1C2)C(N)=O. The van der Waals surface area contributed by atoms with Gasteiger partial charge in [-0.25, -0.2) is 0 Å². The van der Waals surface area contributed by atoms with Crippen molar-refractivity contribution in [3.8, 4) is 0 Å². The predicted octanol–water partition coefficient (Wildman–Crippen LogP) is 0.714. The van der Waals surface area contributed by atoms with Gasteiger partial charge < -0.3 is 16.0 Å². The fourth-order valence-corrected chi connectivity index (χ4v) is 3.36. The summed E-state index contributed by atoms with van der Waals surface area (Å²) in [6.07, 6.45) is 4.94. The zero-order chi connectivity index (χ0) is 12.5. The monoisotopic (exact) mass is 239 g/mol. The fraction of sp³-hybridized carbons (Fsp3) is 0.923. The summed E-state index contributed by atoms with van der Waals surface area (Å²) in [5, 5.41) is 3.23. The zero-order valence-electron chi connectivity index (χ0n) is 11.0. The summed E-state index contributed by atoms with van der Waals surface area (Å²) in [4.78, 5) is 14.1. The Kier molecular flexibility index (Phi) is 3.73. The van der Waals surface area contributed by atoms with Crippen LogP contribution in [0.15, 0.2) is 0 Å². The van der Waals surface area contributed by atoms with Crippen molar-refractivity contribution in [2.45, 2.75) is 51.1 Å². The summed E-state index contributed by atoms with van der Waals surface area (Å²) in [5.41, 5.74) is 4.95. The van der Waals surface area contributed by atoms with Crippen LogP contribution in [0.25, 0.3) is 0 Å². The minimum absolute atomic E-state index is 0.233. The number of fused-ring (bicyclic) bond motifs is 2. The lowest BCUT2D eigenvalue weighted by molar-refractivity contribution is -0.124. The Bertz CT molecular complexity index is 294. The zero-order valence-corrected chi connectivity index (χ0v) is 11.0. The lowest BCUT2D eigenvalue weighted by atomic mass is 9.96. The third kappa shape index (κ3) is 2.63. The smallest absolute Gasteiger partial charge is 0.237 e. The van der Waals surface area contributed by atoms with E-state index in [4.69, 9.17) is 5.73 Å². The molecule has 0 spiro atoms. The Morgan fingerprint density at radius 1 is 1.53 bits per heavy atom. The van der Waals surface area contributed by atoms with Crippen molar-refractivity contribution in [1.82, 2.24) is 10.2 Å². The lowest BCUT2D eigenvalue weighted by Crippen LogP contribution is -2.54. The van der Waals surface area contributed by atoms with Gasteiger partial charge in [-0.2, -0.15) is 0 Å². The molecule has 1 aliphatic heterocycles. The standard InChI is InChI=1S/C13H25N3O/c1-3-15-13(2,12(14)17)6-7-16-9-10-4-5-11(16)8-10/h10-11,15H,3-9H2,1-2H3,(H2,14,17). The molecule has 1 aliphatic carbocycles. The van der Waals surface area contributed by atoms with Crippen molar-refractivity contribution in [2.75, 3.05) is 19.6 Å². The number of likely N-dealkylation sites (N-methyl/N-ethyl adjacent to an activating group) is 1. The maximum atomic E-state index is 11.5. The van der Waals surface area contributed by atoms with Crippen LogP contribution >= 0.6 is 0 Å². The second-order valence-electron chi connectivity index (χ2n) is 5.80. The summed E-state index contributed by atoms with van der Waals surface area (Å²) >= 11 is 0. The minimum Gasteiger partial charge on any atom is -0.368 e. The Labute approximate surface area is 104 Å². The molecule has 1 saturated heterocycles. The molecule has 17 heavy (non-hydrogen) atoms. The number of nitrogens with two attached hydrogens (primary N) is 1. The normalized spacial score (nSPS) is 31.6. The van der Waals surface area contributed by atoms with E-state index in [-0.39, 0.29) is 5.91 Å². The van der Waals surface area contributed by atoms with Gasteiger partial charge in [0, 0.05) is 19.1 Å². The molecule has 2 fully saturated rings. The van der Waals surface area contributed by atoms with Crippen molar-refractivity contribution in [1.29, 1.82) is 0 Å². The highest BCUT2D eigenvalue weighted by Crippen LogP contribution is 2.37. The van der Waals surface area contributed by atoms with Crippen LogP contribution in [0.2, 0.25) is 0 Å². The van der Waals surface area contributed by atoms with E-state index in [2.05, 4.69) is 10.2 Å². The Morgan fingerprint density at radius 3 is 2.76 bits per heavy atom. The van der Waals surface area contributed by atoms with Gasteiger partial charge in [0.1, 0.15) is 0 Å². The third-order valence-corrected chi connectivity index (χ3v) is 4.53. The average Bonchev–Trinajstić information content (AvgIpc) is 2.88. The van der Waals surface area contributed by atoms with Gasteiger partial charge in [0.15, 0.2) is 0 Å². The van der Waals surface area contributed by atoms with Gasteiger partial charge in [0.2, 0.25) is 5.91 Å². The molecule has 1 amide bonds. The molecule has 0 aromatic carbocycles. The number of carbonyl (C=O) groups is 1. The molecule has 2 aliphatic rings. The number of nitrogens with one attached hydrogen (secondary N) is 1. The van der Waals surface area contributed by atoms with E-state index in [1.165, 1.54) is 25.8 Å². The summed E-state index contributed by atoms with van der Waals surface area (Å²) in [6.45, 7) is 6.94. The first-order valence-electron chi connectivity index (χ1n) is 6.84. The summed E-state index contributed by atoms with van der Waals surface area (Å²) in [5.74, 6) is 0.683. The Balaban J connectivity index is 1.85. The summed E-state index contributed by atoms with van der Waals surface area (Å²) in [7, 11) is 0. The Hall–Kier alpha value is -0.610. The van der Waals surface area contributed by atoms with E-state index in [1.807, 2.05) is 13.8 Å². The number of likely N-dealkylation sites (tertiary alicyclic amines) is 1. The summed E-state index contributed by atoms with van der Waals surface area (Å²) in [6, 6.07) is 0.777. The summed E-state index contributed by atoms with van der Waals surface area (Å²) < 4.78 is 0. The number of hydrogen-bond acceptors (Lipinski definition) is 3. The van der Waals surface area contributed by atoms with Gasteiger partial charge in [-0.1, -0.05) is 6.92 Å². The first kappa shape index (κ1) is 12.8. The van der Waals surface area contributed by atoms with E-state index < -0.39 is 5.54 Å². The molecule has 98 valence electrons. The van der Waals surface area contributed by atoms with Gasteiger partial charge in [0.05, 0.1) is 5.54 Å². The number of hydrogen-bond donors (Lipinski definition) is 2. The van der Waals surface area contributed by atoms with Gasteiger partial charge in [-0.3, -0.25) is 4.79 Å². The first-order chi connectivity index (χ1) is 8.05. The van der Waals surface area contributed by atoms with Crippen LogP contribution < -0.4 is 11.1 Å². The van der Waals surface area contributed by atoms with Crippen molar-refractivity contribution in [3.63, 3.8) is 0 Å². The maximum absolute atomic E-state index is 11.5. The molecule has 2 rings (SSSR count). The number of carbonyl (C=O) groups excluding carboxylic acids is 1.